The average Bonchev–Trinajstić information content (AvgIpc) is 2.69. The topological polar surface area (TPSA) is 72.9 Å². The first-order chi connectivity index (χ1) is 9.45. The largest absolute Gasteiger partial charge is 0.395 e. The normalized spacial score (nSPS) is 10.6. The van der Waals surface area contributed by atoms with E-state index < -0.39 is 11.7 Å². The number of nitrogens with one attached hydrogen (secondary N) is 1. The van der Waals surface area contributed by atoms with Crippen LogP contribution in [0.4, 0.5) is 15.8 Å². The number of amides is 1. The molecular formula is C14H17FN4O. The molecule has 5 nitrogen and oxygen atoms in total. The summed E-state index contributed by atoms with van der Waals surface area (Å²) in [6, 6.07) is 4.62. The summed E-state index contributed by atoms with van der Waals surface area (Å²) in [7, 11) is 0. The van der Waals surface area contributed by atoms with Gasteiger partial charge in [0, 0.05) is 6.54 Å². The number of rotatable bonds is 3. The minimum Gasteiger partial charge on any atom is -0.395 e. The molecule has 0 radical (unpaired) electrons. The van der Waals surface area contributed by atoms with Gasteiger partial charge in [-0.15, -0.1) is 0 Å². The third-order valence-corrected chi connectivity index (χ3v) is 3.15. The third-order valence-electron chi connectivity index (χ3n) is 3.15. The van der Waals surface area contributed by atoms with Crippen LogP contribution < -0.4 is 11.1 Å². The molecule has 3 N–H and O–H groups in total. The number of nitrogen functional groups attached to an aromatic ring is 1. The monoisotopic (exact) mass is 276 g/mol. The van der Waals surface area contributed by atoms with Crippen molar-refractivity contribution in [2.75, 3.05) is 11.1 Å². The average molecular weight is 276 g/mol. The Balaban J connectivity index is 2.38. The second-order valence-electron chi connectivity index (χ2n) is 4.55. The molecule has 0 fully saturated rings. The number of nitrogens with zero attached hydrogens (tertiary/aromatic N) is 2. The van der Waals surface area contributed by atoms with E-state index in [2.05, 4.69) is 10.4 Å². The molecule has 1 aromatic heterocycles. The van der Waals surface area contributed by atoms with Crippen LogP contribution in [0.25, 0.3) is 0 Å². The summed E-state index contributed by atoms with van der Waals surface area (Å²) in [5, 5.41) is 6.74. The first-order valence-corrected chi connectivity index (χ1v) is 6.35. The van der Waals surface area contributed by atoms with Gasteiger partial charge in [-0.3, -0.25) is 9.48 Å². The van der Waals surface area contributed by atoms with Crippen LogP contribution in [0, 0.1) is 19.7 Å². The molecule has 0 spiro atoms. The molecule has 0 bridgehead atoms. The van der Waals surface area contributed by atoms with Crippen molar-refractivity contribution in [1.29, 1.82) is 0 Å². The predicted molar refractivity (Wildman–Crippen MR) is 76.1 cm³/mol. The van der Waals surface area contributed by atoms with Crippen LogP contribution in [-0.4, -0.2) is 15.7 Å². The number of para-hydroxylation sites is 1. The van der Waals surface area contributed by atoms with Gasteiger partial charge < -0.3 is 11.1 Å². The highest BCUT2D eigenvalue weighted by molar-refractivity contribution is 6.07. The molecule has 0 unspecified atom stereocenters. The lowest BCUT2D eigenvalue weighted by atomic mass is 10.2. The second-order valence-corrected chi connectivity index (χ2v) is 4.55. The Kier molecular flexibility index (Phi) is 3.74. The highest BCUT2D eigenvalue weighted by Gasteiger charge is 2.20. The molecule has 1 aromatic carbocycles. The van der Waals surface area contributed by atoms with E-state index in [1.807, 2.05) is 6.92 Å². The number of carbonyl (C=O) groups excluding carboxylic acids is 1. The van der Waals surface area contributed by atoms with Gasteiger partial charge in [-0.1, -0.05) is 12.1 Å². The summed E-state index contributed by atoms with van der Waals surface area (Å²) in [5.41, 5.74) is 7.85. The van der Waals surface area contributed by atoms with Crippen molar-refractivity contribution in [3.8, 4) is 0 Å². The Morgan fingerprint density at radius 1 is 1.45 bits per heavy atom. The van der Waals surface area contributed by atoms with E-state index in [-0.39, 0.29) is 11.4 Å². The number of anilines is 2. The number of aromatic nitrogens is 2. The fourth-order valence-electron chi connectivity index (χ4n) is 2.03. The van der Waals surface area contributed by atoms with Gasteiger partial charge in [-0.25, -0.2) is 4.39 Å². The summed E-state index contributed by atoms with van der Waals surface area (Å²) in [6.07, 6.45) is 0. The molecule has 0 aliphatic carbocycles. The maximum atomic E-state index is 13.7. The van der Waals surface area contributed by atoms with Crippen molar-refractivity contribution in [1.82, 2.24) is 9.78 Å². The first kappa shape index (κ1) is 14.0. The van der Waals surface area contributed by atoms with Crippen molar-refractivity contribution < 1.29 is 9.18 Å². The van der Waals surface area contributed by atoms with Crippen LogP contribution in [-0.2, 0) is 6.54 Å². The van der Waals surface area contributed by atoms with E-state index in [9.17, 15) is 9.18 Å². The Hall–Kier alpha value is -2.37. The summed E-state index contributed by atoms with van der Waals surface area (Å²) in [4.78, 5) is 12.3. The lowest BCUT2D eigenvalue weighted by Crippen LogP contribution is -2.20. The Morgan fingerprint density at radius 3 is 2.75 bits per heavy atom. The first-order valence-electron chi connectivity index (χ1n) is 6.35. The smallest absolute Gasteiger partial charge is 0.276 e. The van der Waals surface area contributed by atoms with Crippen LogP contribution in [0.2, 0.25) is 0 Å². The highest BCUT2D eigenvalue weighted by atomic mass is 19.1. The molecule has 0 aliphatic rings. The van der Waals surface area contributed by atoms with Gasteiger partial charge in [0.2, 0.25) is 0 Å². The van der Waals surface area contributed by atoms with Gasteiger partial charge in [0.15, 0.2) is 0 Å². The van der Waals surface area contributed by atoms with Gasteiger partial charge in [-0.2, -0.15) is 5.10 Å². The minimum atomic E-state index is -0.476. The maximum absolute atomic E-state index is 13.7. The predicted octanol–water partition coefficient (Wildman–Crippen LogP) is 2.49. The quantitative estimate of drug-likeness (QED) is 0.904. The number of aryl methyl sites for hydroxylation is 3. The van der Waals surface area contributed by atoms with Crippen molar-refractivity contribution in [2.45, 2.75) is 27.3 Å². The zero-order chi connectivity index (χ0) is 14.9. The Morgan fingerprint density at radius 2 is 2.15 bits per heavy atom. The molecule has 0 saturated carbocycles. The summed E-state index contributed by atoms with van der Waals surface area (Å²) in [6.45, 7) is 5.82. The third kappa shape index (κ3) is 2.36. The van der Waals surface area contributed by atoms with Crippen molar-refractivity contribution >= 4 is 17.3 Å². The fraction of sp³-hybridized carbons (Fsp3) is 0.286. The summed E-state index contributed by atoms with van der Waals surface area (Å²) < 4.78 is 15.3. The van der Waals surface area contributed by atoms with Crippen LogP contribution >= 0.6 is 0 Å². The van der Waals surface area contributed by atoms with Crippen LogP contribution in [0.5, 0.6) is 0 Å². The van der Waals surface area contributed by atoms with E-state index in [1.165, 1.54) is 10.7 Å². The summed E-state index contributed by atoms with van der Waals surface area (Å²) in [5.74, 6) is -0.936. The molecule has 2 rings (SSSR count). The van der Waals surface area contributed by atoms with Crippen molar-refractivity contribution in [3.63, 3.8) is 0 Å². The van der Waals surface area contributed by atoms with Crippen LogP contribution in [0.15, 0.2) is 18.2 Å². The van der Waals surface area contributed by atoms with E-state index in [0.717, 1.165) is 0 Å². The number of hydrogen-bond acceptors (Lipinski definition) is 3. The van der Waals surface area contributed by atoms with Gasteiger partial charge in [0.1, 0.15) is 11.5 Å². The maximum Gasteiger partial charge on any atom is 0.276 e. The highest BCUT2D eigenvalue weighted by Crippen LogP contribution is 2.22. The number of benzene rings is 1. The van der Waals surface area contributed by atoms with Gasteiger partial charge >= 0.3 is 0 Å². The van der Waals surface area contributed by atoms with Crippen molar-refractivity contribution in [3.05, 3.63) is 41.0 Å². The van der Waals surface area contributed by atoms with E-state index >= 15 is 0 Å². The zero-order valence-corrected chi connectivity index (χ0v) is 11.7. The zero-order valence-electron chi connectivity index (χ0n) is 11.7. The minimum absolute atomic E-state index is 0.165. The molecule has 6 heteroatoms. The van der Waals surface area contributed by atoms with Crippen LogP contribution in [0.3, 0.4) is 0 Å². The molecule has 0 atom stereocenters. The molecule has 0 aliphatic heterocycles. The number of hydrogen-bond donors (Lipinski definition) is 2. The van der Waals surface area contributed by atoms with Gasteiger partial charge in [0.05, 0.1) is 17.1 Å². The van der Waals surface area contributed by atoms with Gasteiger partial charge in [0.25, 0.3) is 5.91 Å². The molecule has 1 heterocycles. The molecule has 2 aromatic rings. The lowest BCUT2D eigenvalue weighted by Gasteiger charge is -2.10. The second kappa shape index (κ2) is 5.32. The fourth-order valence-corrected chi connectivity index (χ4v) is 2.03. The SMILES string of the molecule is CCn1nc(C)c(N)c1C(=O)Nc1c(C)cccc1F. The number of carbonyl (C=O) groups is 1. The van der Waals surface area contributed by atoms with Crippen LogP contribution in [0.1, 0.15) is 28.7 Å². The molecule has 20 heavy (non-hydrogen) atoms. The van der Waals surface area contributed by atoms with E-state index in [0.29, 0.717) is 23.5 Å². The van der Waals surface area contributed by atoms with E-state index in [4.69, 9.17) is 5.73 Å². The molecule has 0 saturated heterocycles. The summed E-state index contributed by atoms with van der Waals surface area (Å²) >= 11 is 0. The number of halogens is 1. The standard InChI is InChI=1S/C14H17FN4O/c1-4-19-13(11(16)9(3)18-19)14(20)17-12-8(2)6-5-7-10(12)15/h5-7H,4,16H2,1-3H3,(H,17,20). The molecular weight excluding hydrogens is 259 g/mol. The van der Waals surface area contributed by atoms with Gasteiger partial charge in [-0.05, 0) is 32.4 Å². The molecule has 106 valence electrons. The Bertz CT molecular complexity index is 643. The lowest BCUT2D eigenvalue weighted by molar-refractivity contribution is 0.101. The Labute approximate surface area is 116 Å². The number of nitrogens with two attached hydrogens (primary N) is 1. The van der Waals surface area contributed by atoms with Crippen molar-refractivity contribution in [2.24, 2.45) is 0 Å². The van der Waals surface area contributed by atoms with E-state index in [1.54, 1.807) is 26.0 Å². The molecule has 1 amide bonds.